The molecule has 0 saturated carbocycles. The number of hydrogen-bond donors (Lipinski definition) is 0. The third-order valence-corrected chi connectivity index (χ3v) is 5.22. The molecule has 1 aliphatic heterocycles. The summed E-state index contributed by atoms with van der Waals surface area (Å²) in [5, 5.41) is 0. The van der Waals surface area contributed by atoms with Crippen molar-refractivity contribution >= 4 is 11.8 Å². The molecule has 0 N–H and O–H groups in total. The van der Waals surface area contributed by atoms with Crippen molar-refractivity contribution < 1.29 is 14.3 Å². The Balaban J connectivity index is 1.84. The van der Waals surface area contributed by atoms with E-state index in [-0.39, 0.29) is 11.8 Å². The Kier molecular flexibility index (Phi) is 5.54. The van der Waals surface area contributed by atoms with Gasteiger partial charge in [-0.1, -0.05) is 0 Å². The van der Waals surface area contributed by atoms with Crippen LogP contribution in [0.2, 0.25) is 0 Å². The summed E-state index contributed by atoms with van der Waals surface area (Å²) in [6.45, 7) is 8.12. The smallest absolute Gasteiger partial charge is 0.255 e. The number of rotatable bonds is 3. The van der Waals surface area contributed by atoms with E-state index in [0.717, 1.165) is 34.8 Å². The number of carbonyl (C=O) groups excluding carboxylic acids is 2. The zero-order chi connectivity index (χ0) is 19.6. The topological polar surface area (TPSA) is 54.8 Å². The van der Waals surface area contributed by atoms with Crippen molar-refractivity contribution in [3.8, 4) is 11.4 Å². The minimum Gasteiger partial charge on any atom is -0.497 e. The molecule has 2 amide bonds. The van der Waals surface area contributed by atoms with E-state index in [4.69, 9.17) is 4.74 Å². The van der Waals surface area contributed by atoms with Crippen LogP contribution in [0.4, 0.5) is 0 Å². The molecular weight excluding hydrogens is 342 g/mol. The maximum Gasteiger partial charge on any atom is 0.255 e. The van der Waals surface area contributed by atoms with E-state index in [1.165, 1.54) is 0 Å². The average Bonchev–Trinajstić information content (AvgIpc) is 2.84. The predicted molar refractivity (Wildman–Crippen MR) is 105 cm³/mol. The van der Waals surface area contributed by atoms with Crippen molar-refractivity contribution in [3.63, 3.8) is 0 Å². The number of nitrogens with zero attached hydrogens (tertiary/aromatic N) is 3. The van der Waals surface area contributed by atoms with E-state index < -0.39 is 0 Å². The van der Waals surface area contributed by atoms with E-state index in [2.05, 4.69) is 4.57 Å². The normalized spacial score (nSPS) is 14.8. The molecule has 1 aliphatic rings. The molecule has 27 heavy (non-hydrogen) atoms. The molecule has 1 aromatic carbocycles. The van der Waals surface area contributed by atoms with Gasteiger partial charge in [0.25, 0.3) is 5.91 Å². The SMILES string of the molecule is COc1ccc(-n2c(C)cc(C(=O)N3CCCN(C(C)=O)CC3)c2C)cc1. The van der Waals surface area contributed by atoms with E-state index in [1.807, 2.05) is 54.0 Å². The van der Waals surface area contributed by atoms with Gasteiger partial charge in [0.1, 0.15) is 5.75 Å². The average molecular weight is 369 g/mol. The number of aryl methyl sites for hydroxylation is 1. The van der Waals surface area contributed by atoms with Gasteiger partial charge in [0.15, 0.2) is 0 Å². The fourth-order valence-electron chi connectivity index (χ4n) is 3.71. The lowest BCUT2D eigenvalue weighted by molar-refractivity contribution is -0.128. The van der Waals surface area contributed by atoms with Gasteiger partial charge in [0.05, 0.1) is 12.7 Å². The van der Waals surface area contributed by atoms with Crippen LogP contribution in [0.3, 0.4) is 0 Å². The molecule has 2 aromatic rings. The first-order valence-corrected chi connectivity index (χ1v) is 9.30. The van der Waals surface area contributed by atoms with Crippen LogP contribution in [0.1, 0.15) is 35.1 Å². The largest absolute Gasteiger partial charge is 0.497 e. The van der Waals surface area contributed by atoms with Crippen molar-refractivity contribution in [1.29, 1.82) is 0 Å². The van der Waals surface area contributed by atoms with Gasteiger partial charge < -0.3 is 19.1 Å². The highest BCUT2D eigenvalue weighted by Gasteiger charge is 2.24. The van der Waals surface area contributed by atoms with Crippen molar-refractivity contribution in [3.05, 3.63) is 47.3 Å². The van der Waals surface area contributed by atoms with Gasteiger partial charge in [-0.25, -0.2) is 0 Å². The number of hydrogen-bond acceptors (Lipinski definition) is 3. The zero-order valence-corrected chi connectivity index (χ0v) is 16.5. The number of amides is 2. The first kappa shape index (κ1) is 19.0. The second-order valence-electron chi connectivity index (χ2n) is 6.97. The van der Waals surface area contributed by atoms with E-state index >= 15 is 0 Å². The van der Waals surface area contributed by atoms with Gasteiger partial charge in [0.2, 0.25) is 5.91 Å². The van der Waals surface area contributed by atoms with Gasteiger partial charge in [0, 0.05) is 50.2 Å². The highest BCUT2D eigenvalue weighted by Crippen LogP contribution is 2.24. The minimum atomic E-state index is 0.0354. The number of aromatic nitrogens is 1. The second kappa shape index (κ2) is 7.86. The van der Waals surface area contributed by atoms with Gasteiger partial charge in [-0.3, -0.25) is 9.59 Å². The Morgan fingerprint density at radius 2 is 1.59 bits per heavy atom. The molecule has 6 heteroatoms. The fraction of sp³-hybridized carbons (Fsp3) is 0.429. The molecule has 6 nitrogen and oxygen atoms in total. The third-order valence-electron chi connectivity index (χ3n) is 5.22. The molecule has 2 heterocycles. The van der Waals surface area contributed by atoms with Crippen LogP contribution in [0, 0.1) is 13.8 Å². The van der Waals surface area contributed by atoms with Crippen molar-refractivity contribution in [1.82, 2.24) is 14.4 Å². The van der Waals surface area contributed by atoms with Crippen LogP contribution in [0.5, 0.6) is 5.75 Å². The molecular formula is C21H27N3O3. The van der Waals surface area contributed by atoms with Gasteiger partial charge in [-0.15, -0.1) is 0 Å². The van der Waals surface area contributed by atoms with Crippen LogP contribution < -0.4 is 4.74 Å². The molecule has 144 valence electrons. The van der Waals surface area contributed by atoms with Crippen LogP contribution in [-0.2, 0) is 4.79 Å². The van der Waals surface area contributed by atoms with Crippen LogP contribution in [0.25, 0.3) is 5.69 Å². The summed E-state index contributed by atoms with van der Waals surface area (Å²) in [6, 6.07) is 9.77. The first-order valence-electron chi connectivity index (χ1n) is 9.30. The number of carbonyl (C=O) groups is 2. The van der Waals surface area contributed by atoms with Gasteiger partial charge >= 0.3 is 0 Å². The Labute approximate surface area is 160 Å². The summed E-state index contributed by atoms with van der Waals surface area (Å²) >= 11 is 0. The highest BCUT2D eigenvalue weighted by molar-refractivity contribution is 5.96. The fourth-order valence-corrected chi connectivity index (χ4v) is 3.71. The van der Waals surface area contributed by atoms with Crippen molar-refractivity contribution in [2.45, 2.75) is 27.2 Å². The third kappa shape index (κ3) is 3.84. The quantitative estimate of drug-likeness (QED) is 0.836. The Hall–Kier alpha value is -2.76. The lowest BCUT2D eigenvalue weighted by atomic mass is 10.2. The van der Waals surface area contributed by atoms with Crippen molar-refractivity contribution in [2.24, 2.45) is 0 Å². The summed E-state index contributed by atoms with van der Waals surface area (Å²) in [5.41, 5.74) is 3.67. The first-order chi connectivity index (χ1) is 12.9. The lowest BCUT2D eigenvalue weighted by Crippen LogP contribution is -2.36. The summed E-state index contributed by atoms with van der Waals surface area (Å²) in [4.78, 5) is 28.4. The number of methoxy groups -OCH3 is 1. The summed E-state index contributed by atoms with van der Waals surface area (Å²) in [6.07, 6.45) is 0.808. The van der Waals surface area contributed by atoms with Crippen LogP contribution in [-0.4, -0.2) is 59.5 Å². The molecule has 0 radical (unpaired) electrons. The Morgan fingerprint density at radius 3 is 2.22 bits per heavy atom. The summed E-state index contributed by atoms with van der Waals surface area (Å²) < 4.78 is 7.32. The molecule has 0 aliphatic carbocycles. The Morgan fingerprint density at radius 1 is 0.963 bits per heavy atom. The molecule has 0 spiro atoms. The van der Waals surface area contributed by atoms with Gasteiger partial charge in [-0.05, 0) is 50.6 Å². The minimum absolute atomic E-state index is 0.0354. The molecule has 1 saturated heterocycles. The maximum absolute atomic E-state index is 13.1. The standard InChI is InChI=1S/C21H27N3O3/c1-15-14-20(16(2)24(15)18-6-8-19(27-4)9-7-18)21(26)23-11-5-10-22(12-13-23)17(3)25/h6-9,14H,5,10-13H2,1-4H3. The zero-order valence-electron chi connectivity index (χ0n) is 16.5. The summed E-state index contributed by atoms with van der Waals surface area (Å²) in [7, 11) is 1.65. The van der Waals surface area contributed by atoms with Crippen LogP contribution >= 0.6 is 0 Å². The van der Waals surface area contributed by atoms with E-state index in [9.17, 15) is 9.59 Å². The molecule has 0 bridgehead atoms. The second-order valence-corrected chi connectivity index (χ2v) is 6.97. The molecule has 1 fully saturated rings. The molecule has 1 aromatic heterocycles. The molecule has 3 rings (SSSR count). The summed E-state index contributed by atoms with van der Waals surface area (Å²) in [5.74, 6) is 0.910. The lowest BCUT2D eigenvalue weighted by Gasteiger charge is -2.21. The molecule has 0 unspecified atom stereocenters. The van der Waals surface area contributed by atoms with Gasteiger partial charge in [-0.2, -0.15) is 0 Å². The molecule has 0 atom stereocenters. The maximum atomic E-state index is 13.1. The number of ether oxygens (including phenoxy) is 1. The monoisotopic (exact) mass is 369 g/mol. The number of benzene rings is 1. The predicted octanol–water partition coefficient (Wildman–Crippen LogP) is 2.80. The van der Waals surface area contributed by atoms with E-state index in [0.29, 0.717) is 26.2 Å². The van der Waals surface area contributed by atoms with Crippen LogP contribution in [0.15, 0.2) is 30.3 Å². The van der Waals surface area contributed by atoms with Crippen molar-refractivity contribution in [2.75, 3.05) is 33.3 Å². The Bertz CT molecular complexity index is 839. The van der Waals surface area contributed by atoms with E-state index in [1.54, 1.807) is 14.0 Å². The highest BCUT2D eigenvalue weighted by atomic mass is 16.5.